The number of nitrogens with one attached hydrogen (secondary N) is 1. The number of anilines is 2. The molecule has 0 radical (unpaired) electrons. The summed E-state index contributed by atoms with van der Waals surface area (Å²) in [6.07, 6.45) is 0. The lowest BCUT2D eigenvalue weighted by molar-refractivity contribution is -0.120. The Kier molecular flexibility index (Phi) is 6.59. The number of halogens is 2. The number of hydrogen-bond acceptors (Lipinski definition) is 4. The first kappa shape index (κ1) is 20.0. The molecule has 0 heterocycles. The number of esters is 1. The van der Waals surface area contributed by atoms with E-state index in [9.17, 15) is 23.2 Å². The van der Waals surface area contributed by atoms with Crippen LogP contribution in [-0.2, 0) is 14.3 Å². The minimum Gasteiger partial charge on any atom is -0.462 e. The zero-order valence-electron chi connectivity index (χ0n) is 14.8. The topological polar surface area (TPSA) is 75.7 Å². The maximum atomic E-state index is 13.3. The Balaban J connectivity index is 2.23. The normalized spacial score (nSPS) is 10.2. The summed E-state index contributed by atoms with van der Waals surface area (Å²) < 4.78 is 31.2. The molecule has 0 aliphatic carbocycles. The predicted octanol–water partition coefficient (Wildman–Crippen LogP) is 3.13. The highest BCUT2D eigenvalue weighted by Crippen LogP contribution is 2.22. The van der Waals surface area contributed by atoms with Crippen molar-refractivity contribution >= 4 is 29.2 Å². The molecule has 0 bridgehead atoms. The Morgan fingerprint density at radius 3 is 2.41 bits per heavy atom. The summed E-state index contributed by atoms with van der Waals surface area (Å²) >= 11 is 0. The van der Waals surface area contributed by atoms with E-state index >= 15 is 0 Å². The first-order valence-corrected chi connectivity index (χ1v) is 8.12. The molecule has 2 amide bonds. The smallest absolute Gasteiger partial charge is 0.340 e. The van der Waals surface area contributed by atoms with Crippen LogP contribution in [0.15, 0.2) is 42.5 Å². The van der Waals surface area contributed by atoms with Crippen molar-refractivity contribution < 1.29 is 27.9 Å². The maximum absolute atomic E-state index is 13.3. The highest BCUT2D eigenvalue weighted by Gasteiger charge is 2.22. The van der Waals surface area contributed by atoms with Gasteiger partial charge in [0.2, 0.25) is 11.8 Å². The average Bonchev–Trinajstić information content (AvgIpc) is 2.63. The summed E-state index contributed by atoms with van der Waals surface area (Å²) in [5.41, 5.74) is 0.389. The van der Waals surface area contributed by atoms with E-state index in [-0.39, 0.29) is 23.5 Å². The molecular formula is C19H18F2N2O4. The largest absolute Gasteiger partial charge is 0.462 e. The molecule has 0 fully saturated rings. The van der Waals surface area contributed by atoms with Gasteiger partial charge in [0.25, 0.3) is 0 Å². The molecule has 142 valence electrons. The molecule has 0 aromatic heterocycles. The molecule has 6 nitrogen and oxygen atoms in total. The molecule has 0 aliphatic rings. The fourth-order valence-electron chi connectivity index (χ4n) is 2.37. The van der Waals surface area contributed by atoms with E-state index in [4.69, 9.17) is 4.74 Å². The second kappa shape index (κ2) is 8.88. The molecule has 27 heavy (non-hydrogen) atoms. The van der Waals surface area contributed by atoms with Crippen LogP contribution in [0.3, 0.4) is 0 Å². The van der Waals surface area contributed by atoms with Gasteiger partial charge in [-0.05, 0) is 31.2 Å². The zero-order chi connectivity index (χ0) is 20.0. The van der Waals surface area contributed by atoms with Gasteiger partial charge >= 0.3 is 5.97 Å². The molecule has 0 unspecified atom stereocenters. The molecule has 8 heteroatoms. The van der Waals surface area contributed by atoms with Crippen molar-refractivity contribution in [2.24, 2.45) is 0 Å². The van der Waals surface area contributed by atoms with Gasteiger partial charge in [0.15, 0.2) is 11.6 Å². The Labute approximate surface area is 154 Å². The van der Waals surface area contributed by atoms with Gasteiger partial charge in [0, 0.05) is 18.7 Å². The molecular weight excluding hydrogens is 358 g/mol. The molecule has 0 spiro atoms. The van der Waals surface area contributed by atoms with Crippen LogP contribution in [0.2, 0.25) is 0 Å². The first-order valence-electron chi connectivity index (χ1n) is 8.12. The van der Waals surface area contributed by atoms with Crippen LogP contribution in [0.25, 0.3) is 0 Å². The quantitative estimate of drug-likeness (QED) is 0.786. The van der Waals surface area contributed by atoms with Crippen LogP contribution in [-0.4, -0.2) is 30.9 Å². The van der Waals surface area contributed by atoms with Crippen molar-refractivity contribution in [3.05, 3.63) is 59.7 Å². The molecule has 0 saturated carbocycles. The number of carbonyl (C=O) groups is 3. The lowest BCUT2D eigenvalue weighted by Crippen LogP contribution is -2.37. The van der Waals surface area contributed by atoms with Crippen LogP contribution in [0.4, 0.5) is 20.2 Å². The molecule has 2 aromatic carbocycles. The summed E-state index contributed by atoms with van der Waals surface area (Å²) in [5.74, 6) is -3.90. The number of rotatable bonds is 6. The fraction of sp³-hybridized carbons (Fsp3) is 0.211. The molecule has 0 saturated heterocycles. The Hall–Kier alpha value is -3.29. The minimum atomic E-state index is -1.11. The number of amides is 2. The van der Waals surface area contributed by atoms with Crippen LogP contribution < -0.4 is 10.2 Å². The van der Waals surface area contributed by atoms with E-state index in [1.54, 1.807) is 19.1 Å². The average molecular weight is 376 g/mol. The SMILES string of the molecule is CCOC(=O)c1ccccc1N(CC(=O)Nc1ccc(F)c(F)c1)C(C)=O. The molecule has 2 aromatic rings. The van der Waals surface area contributed by atoms with Gasteiger partial charge in [-0.25, -0.2) is 13.6 Å². The second-order valence-corrected chi connectivity index (χ2v) is 5.52. The number of hydrogen-bond donors (Lipinski definition) is 1. The summed E-state index contributed by atoms with van der Waals surface area (Å²) in [6, 6.07) is 9.12. The van der Waals surface area contributed by atoms with Gasteiger partial charge in [0.05, 0.1) is 17.9 Å². The third kappa shape index (κ3) is 5.10. The van der Waals surface area contributed by atoms with Gasteiger partial charge in [0.1, 0.15) is 6.54 Å². The summed E-state index contributed by atoms with van der Waals surface area (Å²) in [4.78, 5) is 37.5. The lowest BCUT2D eigenvalue weighted by Gasteiger charge is -2.23. The monoisotopic (exact) mass is 376 g/mol. The zero-order valence-corrected chi connectivity index (χ0v) is 14.8. The molecule has 1 N–H and O–H groups in total. The van der Waals surface area contributed by atoms with Crippen LogP contribution in [0.5, 0.6) is 0 Å². The first-order chi connectivity index (χ1) is 12.8. The van der Waals surface area contributed by atoms with Crippen LogP contribution >= 0.6 is 0 Å². The summed E-state index contributed by atoms with van der Waals surface area (Å²) in [5, 5.41) is 2.38. The van der Waals surface area contributed by atoms with Crippen molar-refractivity contribution in [3.8, 4) is 0 Å². The number of nitrogens with zero attached hydrogens (tertiary/aromatic N) is 1. The Bertz CT molecular complexity index is 871. The second-order valence-electron chi connectivity index (χ2n) is 5.52. The predicted molar refractivity (Wildman–Crippen MR) is 95.4 cm³/mol. The number of carbonyl (C=O) groups excluding carboxylic acids is 3. The molecule has 0 atom stereocenters. The van der Waals surface area contributed by atoms with E-state index in [0.29, 0.717) is 0 Å². The van der Waals surface area contributed by atoms with E-state index in [1.807, 2.05) is 0 Å². The third-order valence-electron chi connectivity index (χ3n) is 3.58. The number of benzene rings is 2. The van der Waals surface area contributed by atoms with E-state index in [0.717, 1.165) is 17.0 Å². The van der Waals surface area contributed by atoms with Crippen molar-refractivity contribution in [1.29, 1.82) is 0 Å². The van der Waals surface area contributed by atoms with Crippen molar-refractivity contribution in [2.75, 3.05) is 23.4 Å². The molecule has 2 rings (SSSR count). The summed E-state index contributed by atoms with van der Waals surface area (Å²) in [6.45, 7) is 2.62. The highest BCUT2D eigenvalue weighted by atomic mass is 19.2. The van der Waals surface area contributed by atoms with E-state index in [2.05, 4.69) is 5.32 Å². The minimum absolute atomic E-state index is 0.0427. The lowest BCUT2D eigenvalue weighted by atomic mass is 10.1. The van der Waals surface area contributed by atoms with Crippen molar-refractivity contribution in [2.45, 2.75) is 13.8 Å². The van der Waals surface area contributed by atoms with Gasteiger partial charge in [-0.2, -0.15) is 0 Å². The highest BCUT2D eigenvalue weighted by molar-refractivity contribution is 6.06. The Morgan fingerprint density at radius 2 is 1.78 bits per heavy atom. The fourth-order valence-corrected chi connectivity index (χ4v) is 2.37. The number of ether oxygens (including phenoxy) is 1. The molecule has 0 aliphatic heterocycles. The number of para-hydroxylation sites is 1. The van der Waals surface area contributed by atoms with Crippen LogP contribution in [0, 0.1) is 11.6 Å². The van der Waals surface area contributed by atoms with Crippen LogP contribution in [0.1, 0.15) is 24.2 Å². The van der Waals surface area contributed by atoms with Gasteiger partial charge in [-0.15, -0.1) is 0 Å². The van der Waals surface area contributed by atoms with E-state index < -0.39 is 36.0 Å². The third-order valence-corrected chi connectivity index (χ3v) is 3.58. The van der Waals surface area contributed by atoms with Gasteiger partial charge < -0.3 is 15.0 Å². The van der Waals surface area contributed by atoms with Crippen molar-refractivity contribution in [3.63, 3.8) is 0 Å². The standard InChI is InChI=1S/C19H18F2N2O4/c1-3-27-19(26)14-6-4-5-7-17(14)23(12(2)24)11-18(25)22-13-8-9-15(20)16(21)10-13/h4-10H,3,11H2,1-2H3,(H,22,25). The van der Waals surface area contributed by atoms with Gasteiger partial charge in [-0.3, -0.25) is 9.59 Å². The van der Waals surface area contributed by atoms with Gasteiger partial charge in [-0.1, -0.05) is 12.1 Å². The summed E-state index contributed by atoms with van der Waals surface area (Å²) in [7, 11) is 0. The maximum Gasteiger partial charge on any atom is 0.340 e. The Morgan fingerprint density at radius 1 is 1.07 bits per heavy atom. The van der Waals surface area contributed by atoms with Crippen molar-refractivity contribution in [1.82, 2.24) is 0 Å². The van der Waals surface area contributed by atoms with E-state index in [1.165, 1.54) is 25.1 Å².